The summed E-state index contributed by atoms with van der Waals surface area (Å²) in [6, 6.07) is 19.6. The van der Waals surface area contributed by atoms with E-state index in [-0.39, 0.29) is 12.5 Å². The second-order valence-electron chi connectivity index (χ2n) is 9.68. The van der Waals surface area contributed by atoms with Gasteiger partial charge in [0, 0.05) is 5.92 Å². The summed E-state index contributed by atoms with van der Waals surface area (Å²) in [6.07, 6.45) is 1.77. The highest BCUT2D eigenvalue weighted by Crippen LogP contribution is 2.54. The lowest BCUT2D eigenvalue weighted by Gasteiger charge is -2.28. The molecule has 2 N–H and O–H groups in total. The van der Waals surface area contributed by atoms with Crippen molar-refractivity contribution in [2.45, 2.75) is 43.2 Å². The van der Waals surface area contributed by atoms with E-state index >= 15 is 0 Å². The standard InChI is InChI=1S/C29H26N2O5/c1-35-24-11-10-16(13-26(24)36-25-14-17-12-22(25)19-7-3-2-6-18(17)19)23(15-27(30)32)31-28(33)20-8-4-5-9-21(20)29(31)34/h2-11,13,17,22-23,25H,12,14-15H2,1H3,(H2,30,32). The highest BCUT2D eigenvalue weighted by Gasteiger charge is 2.45. The maximum Gasteiger partial charge on any atom is 0.262 e. The van der Waals surface area contributed by atoms with Crippen molar-refractivity contribution in [2.75, 3.05) is 7.11 Å². The molecule has 3 aromatic rings. The zero-order valence-electron chi connectivity index (χ0n) is 19.8. The van der Waals surface area contributed by atoms with E-state index in [4.69, 9.17) is 15.2 Å². The molecule has 4 atom stereocenters. The van der Waals surface area contributed by atoms with E-state index in [0.717, 1.165) is 17.7 Å². The topological polar surface area (TPSA) is 98.9 Å². The first-order chi connectivity index (χ1) is 17.5. The third kappa shape index (κ3) is 3.46. The first-order valence-electron chi connectivity index (χ1n) is 12.1. The van der Waals surface area contributed by atoms with Gasteiger partial charge in [-0.25, -0.2) is 0 Å². The second kappa shape index (κ2) is 8.52. The normalized spacial score (nSPS) is 22.4. The Morgan fingerprint density at radius 2 is 1.61 bits per heavy atom. The van der Waals surface area contributed by atoms with Gasteiger partial charge in [-0.3, -0.25) is 19.3 Å². The van der Waals surface area contributed by atoms with Crippen molar-refractivity contribution in [1.82, 2.24) is 4.90 Å². The van der Waals surface area contributed by atoms with Crippen molar-refractivity contribution < 1.29 is 23.9 Å². The number of carbonyl (C=O) groups is 3. The molecule has 7 heteroatoms. The fourth-order valence-electron chi connectivity index (χ4n) is 6.13. The van der Waals surface area contributed by atoms with E-state index in [2.05, 4.69) is 24.3 Å². The molecule has 1 fully saturated rings. The predicted octanol–water partition coefficient (Wildman–Crippen LogP) is 4.33. The summed E-state index contributed by atoms with van der Waals surface area (Å²) in [6.45, 7) is 0. The van der Waals surface area contributed by atoms with Crippen LogP contribution in [0.4, 0.5) is 0 Å². The lowest BCUT2D eigenvalue weighted by Crippen LogP contribution is -2.36. The minimum absolute atomic E-state index is 0.0112. The summed E-state index contributed by atoms with van der Waals surface area (Å²) in [4.78, 5) is 39.5. The van der Waals surface area contributed by atoms with Gasteiger partial charge in [0.1, 0.15) is 6.10 Å². The van der Waals surface area contributed by atoms with E-state index in [1.807, 2.05) is 0 Å². The smallest absolute Gasteiger partial charge is 0.262 e. The van der Waals surface area contributed by atoms with E-state index in [1.54, 1.807) is 49.6 Å². The van der Waals surface area contributed by atoms with Crippen LogP contribution in [0.15, 0.2) is 66.7 Å². The number of fused-ring (bicyclic) bond motifs is 6. The van der Waals surface area contributed by atoms with Crippen molar-refractivity contribution in [3.05, 3.63) is 94.5 Å². The van der Waals surface area contributed by atoms with Crippen LogP contribution in [0.2, 0.25) is 0 Å². The van der Waals surface area contributed by atoms with Crippen LogP contribution in [0.25, 0.3) is 0 Å². The molecule has 0 saturated heterocycles. The van der Waals surface area contributed by atoms with Gasteiger partial charge in [0.25, 0.3) is 11.8 Å². The Morgan fingerprint density at radius 1 is 0.944 bits per heavy atom. The van der Waals surface area contributed by atoms with Gasteiger partial charge in [-0.15, -0.1) is 0 Å². The number of carbonyl (C=O) groups excluding carboxylic acids is 3. The SMILES string of the molecule is COc1ccc(C(CC(N)=O)N2C(=O)c3ccccc3C2=O)cc1OC1CC2CC1c1ccccc12. The van der Waals surface area contributed by atoms with Gasteiger partial charge < -0.3 is 15.2 Å². The summed E-state index contributed by atoms with van der Waals surface area (Å²) in [7, 11) is 1.57. The molecule has 36 heavy (non-hydrogen) atoms. The van der Waals surface area contributed by atoms with Crippen LogP contribution in [-0.4, -0.2) is 35.8 Å². The second-order valence-corrected chi connectivity index (χ2v) is 9.68. The molecule has 3 aromatic carbocycles. The number of hydrogen-bond acceptors (Lipinski definition) is 5. The molecule has 2 bridgehead atoms. The van der Waals surface area contributed by atoms with Gasteiger partial charge in [0.2, 0.25) is 5.91 Å². The summed E-state index contributed by atoms with van der Waals surface area (Å²) < 4.78 is 12.1. The maximum absolute atomic E-state index is 13.2. The molecular weight excluding hydrogens is 456 g/mol. The Labute approximate surface area is 208 Å². The third-order valence-electron chi connectivity index (χ3n) is 7.72. The van der Waals surface area contributed by atoms with Crippen LogP contribution in [0.3, 0.4) is 0 Å². The molecule has 0 radical (unpaired) electrons. The van der Waals surface area contributed by atoms with Crippen molar-refractivity contribution in [3.8, 4) is 11.5 Å². The van der Waals surface area contributed by atoms with Crippen molar-refractivity contribution in [1.29, 1.82) is 0 Å². The molecule has 0 spiro atoms. The number of benzene rings is 3. The molecule has 1 saturated carbocycles. The summed E-state index contributed by atoms with van der Waals surface area (Å²) in [5, 5.41) is 0. The molecule has 4 unspecified atom stereocenters. The summed E-state index contributed by atoms with van der Waals surface area (Å²) >= 11 is 0. The first-order valence-corrected chi connectivity index (χ1v) is 12.1. The molecule has 3 amide bonds. The Hall–Kier alpha value is -4.13. The number of primary amides is 1. The van der Waals surface area contributed by atoms with E-state index in [0.29, 0.717) is 40.0 Å². The highest BCUT2D eigenvalue weighted by atomic mass is 16.5. The van der Waals surface area contributed by atoms with E-state index < -0.39 is 23.8 Å². The number of rotatable bonds is 7. The van der Waals surface area contributed by atoms with Crippen LogP contribution in [0.5, 0.6) is 11.5 Å². The molecule has 2 aliphatic carbocycles. The van der Waals surface area contributed by atoms with Gasteiger partial charge in [-0.1, -0.05) is 42.5 Å². The minimum atomic E-state index is -0.857. The number of methoxy groups -OCH3 is 1. The number of ether oxygens (including phenoxy) is 2. The van der Waals surface area contributed by atoms with Gasteiger partial charge in [-0.05, 0) is 59.7 Å². The largest absolute Gasteiger partial charge is 0.493 e. The number of hydrogen-bond donors (Lipinski definition) is 1. The van der Waals surface area contributed by atoms with E-state index in [1.165, 1.54) is 11.1 Å². The zero-order valence-corrected chi connectivity index (χ0v) is 19.8. The van der Waals surface area contributed by atoms with Crippen LogP contribution < -0.4 is 15.2 Å². The zero-order chi connectivity index (χ0) is 25.0. The molecule has 6 rings (SSSR count). The van der Waals surface area contributed by atoms with E-state index in [9.17, 15) is 14.4 Å². The molecule has 0 aromatic heterocycles. The Kier molecular flexibility index (Phi) is 5.29. The molecule has 1 aliphatic heterocycles. The fourth-order valence-corrected chi connectivity index (χ4v) is 6.13. The minimum Gasteiger partial charge on any atom is -0.493 e. The van der Waals surface area contributed by atoms with Crippen LogP contribution in [-0.2, 0) is 4.79 Å². The molecule has 7 nitrogen and oxygen atoms in total. The highest BCUT2D eigenvalue weighted by molar-refractivity contribution is 6.21. The summed E-state index contributed by atoms with van der Waals surface area (Å²) in [5.74, 6) is 0.365. The number of amides is 3. The average Bonchev–Trinajstić information content (AvgIpc) is 3.54. The number of nitrogens with two attached hydrogens (primary N) is 1. The summed E-state index contributed by atoms with van der Waals surface area (Å²) in [5.41, 5.74) is 9.54. The molecule has 182 valence electrons. The molecule has 1 heterocycles. The molecular formula is C29H26N2O5. The monoisotopic (exact) mass is 482 g/mol. The molecule has 3 aliphatic rings. The Bertz CT molecular complexity index is 1360. The average molecular weight is 483 g/mol. The van der Waals surface area contributed by atoms with Gasteiger partial charge in [-0.2, -0.15) is 0 Å². The van der Waals surface area contributed by atoms with Gasteiger partial charge in [0.15, 0.2) is 11.5 Å². The third-order valence-corrected chi connectivity index (χ3v) is 7.72. The van der Waals surface area contributed by atoms with Crippen LogP contribution in [0.1, 0.15) is 74.5 Å². The lowest BCUT2D eigenvalue weighted by molar-refractivity contribution is -0.118. The Morgan fingerprint density at radius 3 is 2.28 bits per heavy atom. The van der Waals surface area contributed by atoms with Crippen molar-refractivity contribution in [3.63, 3.8) is 0 Å². The predicted molar refractivity (Wildman–Crippen MR) is 132 cm³/mol. The van der Waals surface area contributed by atoms with Crippen molar-refractivity contribution in [2.24, 2.45) is 5.73 Å². The fraction of sp³-hybridized carbons (Fsp3) is 0.276. The maximum atomic E-state index is 13.2. The van der Waals surface area contributed by atoms with Crippen LogP contribution >= 0.6 is 0 Å². The first kappa shape index (κ1) is 22.3. The number of imide groups is 1. The van der Waals surface area contributed by atoms with Crippen molar-refractivity contribution >= 4 is 17.7 Å². The van der Waals surface area contributed by atoms with Gasteiger partial charge in [0.05, 0.1) is 30.7 Å². The van der Waals surface area contributed by atoms with Gasteiger partial charge >= 0.3 is 0 Å². The quantitative estimate of drug-likeness (QED) is 0.506. The number of nitrogens with zero attached hydrogens (tertiary/aromatic N) is 1. The Balaban J connectivity index is 1.34. The van der Waals surface area contributed by atoms with Crippen LogP contribution in [0, 0.1) is 0 Å². The lowest BCUT2D eigenvalue weighted by atomic mass is 9.90.